The molecule has 0 atom stereocenters. The van der Waals surface area contributed by atoms with Gasteiger partial charge in [-0.2, -0.15) is 0 Å². The van der Waals surface area contributed by atoms with Gasteiger partial charge >= 0.3 is 0 Å². The van der Waals surface area contributed by atoms with E-state index in [2.05, 4.69) is 11.9 Å². The topological polar surface area (TPSA) is 43.3 Å². The van der Waals surface area contributed by atoms with E-state index in [1.807, 2.05) is 17.5 Å². The highest BCUT2D eigenvalue weighted by Gasteiger charge is 2.10. The van der Waals surface area contributed by atoms with Gasteiger partial charge in [-0.05, 0) is 19.4 Å². The average molecular weight is 210 g/mol. The Bertz CT molecular complexity index is 488. The molecule has 0 bridgehead atoms. The highest BCUT2D eigenvalue weighted by atomic mass is 35.5. The number of aryl methyl sites for hydroxylation is 2. The fourth-order valence-corrected chi connectivity index (χ4v) is 1.75. The minimum Gasteiger partial charge on any atom is -0.394 e. The molecule has 2 aromatic rings. The zero-order valence-corrected chi connectivity index (χ0v) is 8.97. The van der Waals surface area contributed by atoms with Gasteiger partial charge in [-0.3, -0.25) is 0 Å². The van der Waals surface area contributed by atoms with E-state index in [9.17, 15) is 0 Å². The second kappa shape index (κ2) is 3.17. The van der Waals surface area contributed by atoms with E-state index in [4.69, 9.17) is 17.3 Å². The van der Waals surface area contributed by atoms with Crippen molar-refractivity contribution in [3.8, 4) is 0 Å². The number of hydrogen-bond donors (Lipinski definition) is 1. The van der Waals surface area contributed by atoms with Crippen molar-refractivity contribution in [2.24, 2.45) is 0 Å². The van der Waals surface area contributed by atoms with E-state index in [-0.39, 0.29) is 0 Å². The number of anilines is 1. The van der Waals surface area contributed by atoms with Gasteiger partial charge in [0.2, 0.25) is 0 Å². The van der Waals surface area contributed by atoms with Crippen molar-refractivity contribution in [2.45, 2.75) is 20.3 Å². The van der Waals surface area contributed by atoms with Gasteiger partial charge in [-0.1, -0.05) is 18.5 Å². The molecule has 3 nitrogen and oxygen atoms in total. The third-order valence-electron chi connectivity index (χ3n) is 2.45. The third-order valence-corrected chi connectivity index (χ3v) is 2.78. The van der Waals surface area contributed by atoms with Gasteiger partial charge in [-0.15, -0.1) is 0 Å². The normalized spacial score (nSPS) is 11.1. The van der Waals surface area contributed by atoms with Crippen LogP contribution in [0, 0.1) is 6.92 Å². The Morgan fingerprint density at radius 2 is 2.29 bits per heavy atom. The zero-order chi connectivity index (χ0) is 10.3. The Morgan fingerprint density at radius 3 is 2.93 bits per heavy atom. The quantitative estimate of drug-likeness (QED) is 0.784. The maximum absolute atomic E-state index is 5.91. The number of hydrogen-bond acceptors (Lipinski definition) is 2. The van der Waals surface area contributed by atoms with Crippen LogP contribution in [-0.2, 0) is 6.42 Å². The number of nitrogens with two attached hydrogens (primary N) is 1. The van der Waals surface area contributed by atoms with Crippen LogP contribution < -0.4 is 5.73 Å². The Kier molecular flexibility index (Phi) is 2.11. The van der Waals surface area contributed by atoms with Crippen molar-refractivity contribution in [1.29, 1.82) is 0 Å². The van der Waals surface area contributed by atoms with E-state index in [1.165, 1.54) is 0 Å². The lowest BCUT2D eigenvalue weighted by Crippen LogP contribution is -1.94. The molecule has 0 saturated carbocycles. The fourth-order valence-electron chi connectivity index (χ4n) is 1.60. The summed E-state index contributed by atoms with van der Waals surface area (Å²) in [7, 11) is 0. The molecule has 0 spiro atoms. The van der Waals surface area contributed by atoms with Crippen LogP contribution >= 0.6 is 11.6 Å². The number of fused-ring (bicyclic) bond motifs is 1. The minimum absolute atomic E-state index is 0.553. The molecule has 0 radical (unpaired) electrons. The maximum Gasteiger partial charge on any atom is 0.162 e. The summed E-state index contributed by atoms with van der Waals surface area (Å²) in [6.45, 7) is 4.11. The van der Waals surface area contributed by atoms with Gasteiger partial charge in [0.1, 0.15) is 0 Å². The van der Waals surface area contributed by atoms with E-state index in [0.717, 1.165) is 23.5 Å². The molecule has 0 amide bonds. The Labute approximate surface area is 87.5 Å². The summed E-state index contributed by atoms with van der Waals surface area (Å²) in [5.41, 5.74) is 9.35. The van der Waals surface area contributed by atoms with Crippen LogP contribution in [0.15, 0.2) is 12.3 Å². The molecule has 0 aliphatic carbocycles. The second-order valence-corrected chi connectivity index (χ2v) is 3.68. The fraction of sp³-hybridized carbons (Fsp3) is 0.300. The van der Waals surface area contributed by atoms with E-state index in [0.29, 0.717) is 10.7 Å². The molecule has 0 unspecified atom stereocenters. The summed E-state index contributed by atoms with van der Waals surface area (Å²) < 4.78 is 1.97. The molecule has 2 N–H and O–H groups in total. The van der Waals surface area contributed by atoms with Crippen LogP contribution in [0.5, 0.6) is 0 Å². The largest absolute Gasteiger partial charge is 0.394 e. The first-order chi connectivity index (χ1) is 6.65. The van der Waals surface area contributed by atoms with Crippen LogP contribution in [0.2, 0.25) is 5.02 Å². The van der Waals surface area contributed by atoms with E-state index in [1.54, 1.807) is 6.07 Å². The lowest BCUT2D eigenvalue weighted by Gasteiger charge is -2.00. The van der Waals surface area contributed by atoms with Crippen molar-refractivity contribution in [3.63, 3.8) is 0 Å². The number of nitrogen functional groups attached to an aromatic ring is 1. The Balaban J connectivity index is 2.85. The number of halogens is 1. The number of aromatic nitrogens is 2. The Hall–Kier alpha value is -1.22. The van der Waals surface area contributed by atoms with Crippen LogP contribution in [0.25, 0.3) is 5.65 Å². The van der Waals surface area contributed by atoms with Crippen LogP contribution in [0.4, 0.5) is 5.69 Å². The molecule has 0 saturated heterocycles. The first-order valence-corrected chi connectivity index (χ1v) is 4.94. The molecule has 2 heterocycles. The summed E-state index contributed by atoms with van der Waals surface area (Å²) in [5.74, 6) is 0. The minimum atomic E-state index is 0.553. The summed E-state index contributed by atoms with van der Waals surface area (Å²) >= 11 is 5.91. The number of imidazole rings is 1. The maximum atomic E-state index is 5.91. The molecule has 2 aromatic heterocycles. The van der Waals surface area contributed by atoms with Crippen molar-refractivity contribution in [2.75, 3.05) is 5.73 Å². The van der Waals surface area contributed by atoms with Crippen LogP contribution in [-0.4, -0.2) is 9.38 Å². The molecule has 74 valence electrons. The van der Waals surface area contributed by atoms with E-state index < -0.39 is 0 Å². The molecule has 0 aliphatic rings. The molecule has 0 fully saturated rings. The molecule has 2 rings (SSSR count). The van der Waals surface area contributed by atoms with Crippen molar-refractivity contribution >= 4 is 22.9 Å². The SMILES string of the molecule is CCc1nc2c(N)c(Cl)ccn2c1C. The van der Waals surface area contributed by atoms with Crippen molar-refractivity contribution in [3.05, 3.63) is 28.7 Å². The van der Waals surface area contributed by atoms with Crippen LogP contribution in [0.1, 0.15) is 18.3 Å². The molecule has 14 heavy (non-hydrogen) atoms. The lowest BCUT2D eigenvalue weighted by atomic mass is 10.3. The number of nitrogens with zero attached hydrogens (tertiary/aromatic N) is 2. The van der Waals surface area contributed by atoms with Crippen molar-refractivity contribution in [1.82, 2.24) is 9.38 Å². The second-order valence-electron chi connectivity index (χ2n) is 3.27. The van der Waals surface area contributed by atoms with Gasteiger partial charge in [0.05, 0.1) is 16.4 Å². The standard InChI is InChI=1S/C10H12ClN3/c1-3-8-6(2)14-5-4-7(11)9(12)10(14)13-8/h4-5H,3,12H2,1-2H3. The molecule has 0 aromatic carbocycles. The molecule has 4 heteroatoms. The highest BCUT2D eigenvalue weighted by molar-refractivity contribution is 6.33. The summed E-state index contributed by atoms with van der Waals surface area (Å²) in [5, 5.41) is 0.560. The lowest BCUT2D eigenvalue weighted by molar-refractivity contribution is 1.02. The molecular formula is C10H12ClN3. The number of pyridine rings is 1. The van der Waals surface area contributed by atoms with Crippen LogP contribution in [0.3, 0.4) is 0 Å². The average Bonchev–Trinajstić information content (AvgIpc) is 2.50. The first kappa shape index (κ1) is 9.34. The van der Waals surface area contributed by atoms with E-state index >= 15 is 0 Å². The highest BCUT2D eigenvalue weighted by Crippen LogP contribution is 2.24. The summed E-state index contributed by atoms with van der Waals surface area (Å²) in [4.78, 5) is 4.44. The number of rotatable bonds is 1. The smallest absolute Gasteiger partial charge is 0.162 e. The summed E-state index contributed by atoms with van der Waals surface area (Å²) in [6, 6.07) is 1.79. The zero-order valence-electron chi connectivity index (χ0n) is 8.21. The Morgan fingerprint density at radius 1 is 1.57 bits per heavy atom. The molecule has 0 aliphatic heterocycles. The van der Waals surface area contributed by atoms with Gasteiger partial charge in [0.25, 0.3) is 0 Å². The van der Waals surface area contributed by atoms with Gasteiger partial charge < -0.3 is 10.1 Å². The van der Waals surface area contributed by atoms with Gasteiger partial charge in [0.15, 0.2) is 5.65 Å². The van der Waals surface area contributed by atoms with Gasteiger partial charge in [-0.25, -0.2) is 4.98 Å². The van der Waals surface area contributed by atoms with Crippen molar-refractivity contribution < 1.29 is 0 Å². The monoisotopic (exact) mass is 209 g/mol. The molecular weight excluding hydrogens is 198 g/mol. The first-order valence-electron chi connectivity index (χ1n) is 4.56. The summed E-state index contributed by atoms with van der Waals surface area (Å²) in [6.07, 6.45) is 2.81. The van der Waals surface area contributed by atoms with Gasteiger partial charge in [0, 0.05) is 11.9 Å². The predicted octanol–water partition coefficient (Wildman–Crippen LogP) is 2.44. The predicted molar refractivity (Wildman–Crippen MR) is 58.7 cm³/mol. The third kappa shape index (κ3) is 1.16.